The molecule has 1 heterocycles. The lowest BCUT2D eigenvalue weighted by atomic mass is 9.84. The predicted octanol–water partition coefficient (Wildman–Crippen LogP) is 2.72. The third kappa shape index (κ3) is 3.31. The first-order chi connectivity index (χ1) is 8.40. The minimum Gasteiger partial charge on any atom is -0.388 e. The predicted molar refractivity (Wildman–Crippen MR) is 71.2 cm³/mol. The summed E-state index contributed by atoms with van der Waals surface area (Å²) in [6.45, 7) is 9.09. The first-order valence-corrected chi connectivity index (χ1v) is 6.94. The zero-order chi connectivity index (χ0) is 13.3. The summed E-state index contributed by atoms with van der Waals surface area (Å²) in [7, 11) is 0. The minimum absolute atomic E-state index is 0.00283. The summed E-state index contributed by atoms with van der Waals surface area (Å²) in [6, 6.07) is 0.541. The van der Waals surface area contributed by atoms with Crippen LogP contribution in [-0.2, 0) is 13.0 Å². The number of nitrogens with zero attached hydrogens (tertiary/aromatic N) is 3. The van der Waals surface area contributed by atoms with Gasteiger partial charge in [0.2, 0.25) is 0 Å². The number of aliphatic hydroxyl groups is 1. The third-order valence-electron chi connectivity index (χ3n) is 3.38. The van der Waals surface area contributed by atoms with Crippen LogP contribution in [0.2, 0.25) is 0 Å². The van der Waals surface area contributed by atoms with Crippen molar-refractivity contribution in [3.63, 3.8) is 0 Å². The molecule has 2 rings (SSSR count). The number of aliphatic hydroxyl groups excluding tert-OH is 1. The van der Waals surface area contributed by atoms with Gasteiger partial charge >= 0.3 is 0 Å². The van der Waals surface area contributed by atoms with Crippen molar-refractivity contribution in [3.05, 3.63) is 11.6 Å². The standard InChI is InChI=1S/C14H25N3O/c1-10(8-14(2,3)4)7-12-15-16-13(9-18)17(12)11-5-6-11/h10-11,18H,5-9H2,1-4H3. The smallest absolute Gasteiger partial charge is 0.159 e. The van der Waals surface area contributed by atoms with Gasteiger partial charge in [-0.3, -0.25) is 0 Å². The van der Waals surface area contributed by atoms with E-state index in [1.165, 1.54) is 19.3 Å². The van der Waals surface area contributed by atoms with Gasteiger partial charge in [0.1, 0.15) is 12.4 Å². The van der Waals surface area contributed by atoms with E-state index in [9.17, 15) is 5.11 Å². The van der Waals surface area contributed by atoms with Crippen molar-refractivity contribution < 1.29 is 5.11 Å². The molecule has 102 valence electrons. The molecule has 1 saturated carbocycles. The lowest BCUT2D eigenvalue weighted by Gasteiger charge is -2.23. The Morgan fingerprint density at radius 3 is 2.39 bits per heavy atom. The maximum atomic E-state index is 9.31. The first kappa shape index (κ1) is 13.5. The Morgan fingerprint density at radius 2 is 1.89 bits per heavy atom. The van der Waals surface area contributed by atoms with E-state index < -0.39 is 0 Å². The molecule has 1 aliphatic carbocycles. The maximum absolute atomic E-state index is 9.31. The van der Waals surface area contributed by atoms with E-state index in [0.29, 0.717) is 17.4 Å². The zero-order valence-electron chi connectivity index (χ0n) is 12.0. The van der Waals surface area contributed by atoms with E-state index >= 15 is 0 Å². The van der Waals surface area contributed by atoms with Crippen molar-refractivity contribution >= 4 is 0 Å². The molecule has 0 radical (unpaired) electrons. The van der Waals surface area contributed by atoms with Crippen molar-refractivity contribution in [2.24, 2.45) is 11.3 Å². The van der Waals surface area contributed by atoms with Gasteiger partial charge in [-0.15, -0.1) is 10.2 Å². The molecule has 4 heteroatoms. The van der Waals surface area contributed by atoms with Crippen molar-refractivity contribution in [1.82, 2.24) is 14.8 Å². The Morgan fingerprint density at radius 1 is 1.28 bits per heavy atom. The lowest BCUT2D eigenvalue weighted by molar-refractivity contribution is 0.263. The van der Waals surface area contributed by atoms with Gasteiger partial charge in [0.15, 0.2) is 5.82 Å². The lowest BCUT2D eigenvalue weighted by Crippen LogP contribution is -2.15. The Labute approximate surface area is 109 Å². The largest absolute Gasteiger partial charge is 0.388 e. The molecule has 1 aliphatic rings. The fraction of sp³-hybridized carbons (Fsp3) is 0.857. The van der Waals surface area contributed by atoms with E-state index in [2.05, 4.69) is 42.5 Å². The molecule has 4 nitrogen and oxygen atoms in total. The molecule has 0 amide bonds. The fourth-order valence-electron chi connectivity index (χ4n) is 2.79. The van der Waals surface area contributed by atoms with Gasteiger partial charge < -0.3 is 9.67 Å². The molecule has 1 N–H and O–H groups in total. The monoisotopic (exact) mass is 251 g/mol. The van der Waals surface area contributed by atoms with Crippen LogP contribution in [0.15, 0.2) is 0 Å². The van der Waals surface area contributed by atoms with Gasteiger partial charge in [0, 0.05) is 12.5 Å². The molecule has 0 bridgehead atoms. The molecule has 0 spiro atoms. The molecule has 1 atom stereocenters. The number of aromatic nitrogens is 3. The summed E-state index contributed by atoms with van der Waals surface area (Å²) < 4.78 is 2.17. The second-order valence-electron chi connectivity index (χ2n) is 6.87. The summed E-state index contributed by atoms with van der Waals surface area (Å²) in [5.41, 5.74) is 0.351. The van der Waals surface area contributed by atoms with Crippen LogP contribution in [-0.4, -0.2) is 19.9 Å². The molecule has 1 aromatic heterocycles. The van der Waals surface area contributed by atoms with E-state index in [4.69, 9.17) is 0 Å². The molecule has 1 fully saturated rings. The second-order valence-corrected chi connectivity index (χ2v) is 6.87. The van der Waals surface area contributed by atoms with Crippen LogP contribution in [0.1, 0.15) is 64.6 Å². The molecule has 0 aromatic carbocycles. The van der Waals surface area contributed by atoms with Crippen LogP contribution in [0.5, 0.6) is 0 Å². The van der Waals surface area contributed by atoms with E-state index in [0.717, 1.165) is 18.1 Å². The minimum atomic E-state index is -0.00283. The molecule has 0 aliphatic heterocycles. The Balaban J connectivity index is 2.07. The maximum Gasteiger partial charge on any atom is 0.159 e. The van der Waals surface area contributed by atoms with Crippen molar-refractivity contribution in [2.75, 3.05) is 0 Å². The summed E-state index contributed by atoms with van der Waals surface area (Å²) in [5, 5.41) is 17.7. The number of hydrogen-bond acceptors (Lipinski definition) is 3. The Hall–Kier alpha value is -0.900. The highest BCUT2D eigenvalue weighted by atomic mass is 16.3. The number of rotatable bonds is 5. The second kappa shape index (κ2) is 5.00. The van der Waals surface area contributed by atoms with Gasteiger partial charge in [-0.2, -0.15) is 0 Å². The van der Waals surface area contributed by atoms with Crippen LogP contribution in [0.3, 0.4) is 0 Å². The molecule has 18 heavy (non-hydrogen) atoms. The molecule has 1 unspecified atom stereocenters. The van der Waals surface area contributed by atoms with Crippen molar-refractivity contribution in [3.8, 4) is 0 Å². The quantitative estimate of drug-likeness (QED) is 0.875. The highest BCUT2D eigenvalue weighted by Crippen LogP contribution is 2.37. The van der Waals surface area contributed by atoms with Crippen LogP contribution in [0, 0.1) is 11.3 Å². The van der Waals surface area contributed by atoms with Crippen molar-refractivity contribution in [2.45, 2.75) is 66.0 Å². The topological polar surface area (TPSA) is 50.9 Å². The van der Waals surface area contributed by atoms with Gasteiger partial charge in [-0.25, -0.2) is 0 Å². The van der Waals surface area contributed by atoms with Gasteiger partial charge in [0.05, 0.1) is 0 Å². The molecular formula is C14H25N3O. The van der Waals surface area contributed by atoms with Crippen molar-refractivity contribution in [1.29, 1.82) is 0 Å². The highest BCUT2D eigenvalue weighted by molar-refractivity contribution is 5.03. The van der Waals surface area contributed by atoms with E-state index in [-0.39, 0.29) is 6.61 Å². The van der Waals surface area contributed by atoms with Crippen LogP contribution in [0.4, 0.5) is 0 Å². The van der Waals surface area contributed by atoms with Gasteiger partial charge in [0.25, 0.3) is 0 Å². The Bertz CT molecular complexity index is 402. The summed E-state index contributed by atoms with van der Waals surface area (Å²) in [6.07, 6.45) is 4.54. The Kier molecular flexibility index (Phi) is 3.76. The van der Waals surface area contributed by atoms with Gasteiger partial charge in [-0.05, 0) is 30.6 Å². The van der Waals surface area contributed by atoms with E-state index in [1.54, 1.807) is 0 Å². The van der Waals surface area contributed by atoms with E-state index in [1.807, 2.05) is 0 Å². The first-order valence-electron chi connectivity index (χ1n) is 6.94. The molecule has 1 aromatic rings. The molecular weight excluding hydrogens is 226 g/mol. The van der Waals surface area contributed by atoms with Crippen LogP contribution < -0.4 is 0 Å². The number of hydrogen-bond donors (Lipinski definition) is 1. The summed E-state index contributed by atoms with van der Waals surface area (Å²) in [5.74, 6) is 2.38. The van der Waals surface area contributed by atoms with Crippen LogP contribution >= 0.6 is 0 Å². The summed E-state index contributed by atoms with van der Waals surface area (Å²) >= 11 is 0. The normalized spacial score (nSPS) is 18.1. The average molecular weight is 251 g/mol. The SMILES string of the molecule is CC(Cc1nnc(CO)n1C1CC1)CC(C)(C)C. The van der Waals surface area contributed by atoms with Gasteiger partial charge in [-0.1, -0.05) is 27.7 Å². The fourth-order valence-corrected chi connectivity index (χ4v) is 2.79. The highest BCUT2D eigenvalue weighted by Gasteiger charge is 2.29. The molecule has 0 saturated heterocycles. The zero-order valence-corrected chi connectivity index (χ0v) is 12.0. The van der Waals surface area contributed by atoms with Crippen LogP contribution in [0.25, 0.3) is 0 Å². The summed E-state index contributed by atoms with van der Waals surface area (Å²) in [4.78, 5) is 0. The third-order valence-corrected chi connectivity index (χ3v) is 3.38. The average Bonchev–Trinajstić information content (AvgIpc) is 2.98.